The molecule has 1 fully saturated rings. The van der Waals surface area contributed by atoms with E-state index in [1.54, 1.807) is 60.7 Å². The van der Waals surface area contributed by atoms with E-state index >= 15 is 0 Å². The molecule has 1 aliphatic heterocycles. The predicted octanol–water partition coefficient (Wildman–Crippen LogP) is 4.87. The van der Waals surface area contributed by atoms with Gasteiger partial charge in [0.25, 0.3) is 5.91 Å². The summed E-state index contributed by atoms with van der Waals surface area (Å²) in [5, 5.41) is 25.7. The number of para-hydroxylation sites is 2. The number of nitrogens with two attached hydrogens (primary N) is 2. The number of hydrogen-bond donors (Lipinski definition) is 4. The van der Waals surface area contributed by atoms with Crippen molar-refractivity contribution >= 4 is 46.7 Å². The molecule has 1 unspecified atom stereocenters. The average Bonchev–Trinajstić information content (AvgIpc) is 3.11. The van der Waals surface area contributed by atoms with Crippen LogP contribution in [0, 0.1) is 22.7 Å². The van der Waals surface area contributed by atoms with Gasteiger partial charge in [-0.15, -0.1) is 0 Å². The van der Waals surface area contributed by atoms with E-state index in [9.17, 15) is 24.9 Å². The van der Waals surface area contributed by atoms with Crippen LogP contribution in [0.15, 0.2) is 83.9 Å². The van der Waals surface area contributed by atoms with Gasteiger partial charge in [0, 0.05) is 24.7 Å². The first-order chi connectivity index (χ1) is 23.7. The number of carbonyl (C=O) groups excluding carboxylic acids is 3. The number of carbonyl (C=O) groups is 3. The van der Waals surface area contributed by atoms with Crippen LogP contribution in [0.3, 0.4) is 0 Å². The van der Waals surface area contributed by atoms with Gasteiger partial charge in [-0.25, -0.2) is 4.98 Å². The van der Waals surface area contributed by atoms with E-state index in [0.717, 1.165) is 17.3 Å². The smallest absolute Gasteiger partial charge is 0.255 e. The van der Waals surface area contributed by atoms with Gasteiger partial charge in [0.1, 0.15) is 28.2 Å². The molecule has 5 rings (SSSR count). The van der Waals surface area contributed by atoms with E-state index in [1.165, 1.54) is 0 Å². The van der Waals surface area contributed by atoms with Gasteiger partial charge in [-0.3, -0.25) is 14.4 Å². The Bertz CT molecular complexity index is 1930. The molecule has 2 heterocycles. The van der Waals surface area contributed by atoms with Gasteiger partial charge in [-0.1, -0.05) is 73.3 Å². The second-order valence-corrected chi connectivity index (χ2v) is 12.7. The lowest BCUT2D eigenvalue weighted by atomic mass is 9.99. The zero-order valence-electron chi connectivity index (χ0n) is 27.0. The Morgan fingerprint density at radius 3 is 2.22 bits per heavy atom. The Balaban J connectivity index is 1.23. The molecule has 1 atom stereocenters. The summed E-state index contributed by atoms with van der Waals surface area (Å²) < 4.78 is 0. The number of nitrogens with zero attached hydrogens (tertiary/aromatic N) is 4. The van der Waals surface area contributed by atoms with Crippen molar-refractivity contribution in [2.24, 2.45) is 5.73 Å². The van der Waals surface area contributed by atoms with Gasteiger partial charge in [-0.05, 0) is 60.2 Å². The molecular formula is C37H36N8O3S. The Kier molecular flexibility index (Phi) is 11.1. The van der Waals surface area contributed by atoms with E-state index in [4.69, 9.17) is 16.5 Å². The number of nitriles is 2. The minimum Gasteiger partial charge on any atom is -0.397 e. The van der Waals surface area contributed by atoms with Crippen LogP contribution in [0.5, 0.6) is 0 Å². The number of hydrogen-bond acceptors (Lipinski definition) is 9. The van der Waals surface area contributed by atoms with Crippen molar-refractivity contribution in [2.75, 3.05) is 29.0 Å². The fourth-order valence-corrected chi connectivity index (χ4v) is 6.86. The number of pyridine rings is 1. The molecule has 0 bridgehead atoms. The first-order valence-corrected chi connectivity index (χ1v) is 16.8. The average molecular weight is 673 g/mol. The lowest BCUT2D eigenvalue weighted by Crippen LogP contribution is -2.45. The third kappa shape index (κ3) is 8.18. The Labute approximate surface area is 289 Å². The zero-order valence-corrected chi connectivity index (χ0v) is 27.8. The maximum atomic E-state index is 13.0. The van der Waals surface area contributed by atoms with Crippen molar-refractivity contribution in [1.82, 2.24) is 10.3 Å². The van der Waals surface area contributed by atoms with Gasteiger partial charge in [0.05, 0.1) is 28.9 Å². The van der Waals surface area contributed by atoms with Gasteiger partial charge < -0.3 is 27.0 Å². The highest BCUT2D eigenvalue weighted by atomic mass is 32.2. The van der Waals surface area contributed by atoms with Gasteiger partial charge >= 0.3 is 0 Å². The number of nitrogen functional groups attached to an aromatic ring is 1. The topological polar surface area (TPSA) is 191 Å². The monoisotopic (exact) mass is 672 g/mol. The normalized spacial score (nSPS) is 13.5. The number of piperidine rings is 1. The van der Waals surface area contributed by atoms with Crippen molar-refractivity contribution in [3.63, 3.8) is 0 Å². The molecule has 1 saturated heterocycles. The molecule has 4 aromatic rings. The summed E-state index contributed by atoms with van der Waals surface area (Å²) in [5.41, 5.74) is 15.8. The van der Waals surface area contributed by atoms with Crippen molar-refractivity contribution < 1.29 is 14.4 Å². The minimum absolute atomic E-state index is 0.0779. The SMILES string of the molecule is CCc1c(C#N)c(SC(C(N)=O)c2ccccc2)nc(N2CCC(NC(=O)Cc3ccc(C(=O)Nc4ccccc4N)cc3)CC2)c1C#N. The molecule has 1 aliphatic rings. The van der Waals surface area contributed by atoms with E-state index in [1.807, 2.05) is 30.0 Å². The van der Waals surface area contributed by atoms with Gasteiger partial charge in [0.2, 0.25) is 11.8 Å². The third-order valence-corrected chi connectivity index (χ3v) is 9.62. The first-order valence-electron chi connectivity index (χ1n) is 15.9. The molecule has 3 aromatic carbocycles. The molecule has 248 valence electrons. The quantitative estimate of drug-likeness (QED) is 0.127. The molecule has 12 heteroatoms. The molecule has 1 aromatic heterocycles. The molecule has 3 amide bonds. The standard InChI is InChI=1S/C37H36N8O3S/c1-2-27-28(21-38)35(44-37(29(27)22-39)49-33(34(41)47)24-8-4-3-5-9-24)45-18-16-26(17-19-45)42-32(46)20-23-12-14-25(15-13-23)36(48)43-31-11-7-6-10-30(31)40/h3-15,26,33H,2,16-20,40H2,1H3,(H2,41,47)(H,42,46)(H,43,48). The van der Waals surface area contributed by atoms with E-state index in [-0.39, 0.29) is 29.8 Å². The van der Waals surface area contributed by atoms with Crippen LogP contribution in [0.1, 0.15) is 63.2 Å². The molecule has 0 spiro atoms. The molecule has 49 heavy (non-hydrogen) atoms. The summed E-state index contributed by atoms with van der Waals surface area (Å²) in [6, 6.07) is 27.4. The second kappa shape index (κ2) is 15.8. The number of benzene rings is 3. The van der Waals surface area contributed by atoms with Crippen LogP contribution in [-0.4, -0.2) is 41.8 Å². The predicted molar refractivity (Wildman–Crippen MR) is 190 cm³/mol. The molecule has 0 aliphatic carbocycles. The third-order valence-electron chi connectivity index (χ3n) is 8.37. The summed E-state index contributed by atoms with van der Waals surface area (Å²) in [5.74, 6) is -0.525. The summed E-state index contributed by atoms with van der Waals surface area (Å²) >= 11 is 1.11. The molecule has 0 saturated carbocycles. The number of anilines is 3. The van der Waals surface area contributed by atoms with E-state index in [2.05, 4.69) is 22.8 Å². The second-order valence-electron chi connectivity index (χ2n) is 11.6. The summed E-state index contributed by atoms with van der Waals surface area (Å²) in [6.45, 7) is 2.93. The van der Waals surface area contributed by atoms with Crippen molar-refractivity contribution in [3.05, 3.63) is 112 Å². The first kappa shape index (κ1) is 34.5. The lowest BCUT2D eigenvalue weighted by molar-refractivity contribution is -0.121. The highest BCUT2D eigenvalue weighted by Crippen LogP contribution is 2.40. The Morgan fingerprint density at radius 2 is 1.61 bits per heavy atom. The number of nitrogens with one attached hydrogen (secondary N) is 2. The fraction of sp³-hybridized carbons (Fsp3) is 0.243. The Hall–Kier alpha value is -5.85. The molecule has 0 radical (unpaired) electrons. The summed E-state index contributed by atoms with van der Waals surface area (Å²) in [6.07, 6.45) is 1.84. The van der Waals surface area contributed by atoms with Crippen LogP contribution in [-0.2, 0) is 22.4 Å². The number of thioether (sulfide) groups is 1. The summed E-state index contributed by atoms with van der Waals surface area (Å²) in [4.78, 5) is 44.9. The van der Waals surface area contributed by atoms with Crippen molar-refractivity contribution in [2.45, 2.75) is 48.9 Å². The number of amides is 3. The number of aromatic nitrogens is 1. The molecule has 6 N–H and O–H groups in total. The highest BCUT2D eigenvalue weighted by Gasteiger charge is 2.29. The maximum absolute atomic E-state index is 13.0. The largest absolute Gasteiger partial charge is 0.397 e. The van der Waals surface area contributed by atoms with Gasteiger partial charge in [0.15, 0.2) is 0 Å². The molecule has 11 nitrogen and oxygen atoms in total. The lowest BCUT2D eigenvalue weighted by Gasteiger charge is -2.34. The van der Waals surface area contributed by atoms with Crippen LogP contribution < -0.4 is 27.0 Å². The zero-order chi connectivity index (χ0) is 34.9. The van der Waals surface area contributed by atoms with Crippen molar-refractivity contribution in [1.29, 1.82) is 10.5 Å². The van der Waals surface area contributed by atoms with E-state index in [0.29, 0.717) is 76.8 Å². The van der Waals surface area contributed by atoms with Crippen LogP contribution in [0.4, 0.5) is 17.2 Å². The Morgan fingerprint density at radius 1 is 0.959 bits per heavy atom. The van der Waals surface area contributed by atoms with E-state index < -0.39 is 11.2 Å². The maximum Gasteiger partial charge on any atom is 0.255 e. The minimum atomic E-state index is -0.769. The molecular weight excluding hydrogens is 637 g/mol. The highest BCUT2D eigenvalue weighted by molar-refractivity contribution is 8.00. The van der Waals surface area contributed by atoms with Crippen LogP contribution in [0.2, 0.25) is 0 Å². The summed E-state index contributed by atoms with van der Waals surface area (Å²) in [7, 11) is 0. The fourth-order valence-electron chi connectivity index (χ4n) is 5.81. The van der Waals surface area contributed by atoms with Crippen molar-refractivity contribution in [3.8, 4) is 12.1 Å². The van der Waals surface area contributed by atoms with Crippen LogP contribution in [0.25, 0.3) is 0 Å². The van der Waals surface area contributed by atoms with Gasteiger partial charge in [-0.2, -0.15) is 10.5 Å². The number of primary amides is 1. The van der Waals surface area contributed by atoms with Crippen LogP contribution >= 0.6 is 11.8 Å². The number of rotatable bonds is 11.